The van der Waals surface area contributed by atoms with Crippen LogP contribution in [0.1, 0.15) is 25.7 Å². The maximum atomic E-state index is 13.8. The van der Waals surface area contributed by atoms with Gasteiger partial charge in [0.1, 0.15) is 16.5 Å². The van der Waals surface area contributed by atoms with E-state index in [0.29, 0.717) is 6.07 Å². The van der Waals surface area contributed by atoms with Crippen molar-refractivity contribution in [2.75, 3.05) is 6.54 Å². The minimum absolute atomic E-state index is 0.143. The van der Waals surface area contributed by atoms with Gasteiger partial charge in [-0.15, -0.1) is 0 Å². The Morgan fingerprint density at radius 3 is 2.48 bits per heavy atom. The molecule has 1 saturated carbocycles. The molecule has 0 amide bonds. The Morgan fingerprint density at radius 1 is 1.33 bits per heavy atom. The second-order valence-corrected chi connectivity index (χ2v) is 7.71. The van der Waals surface area contributed by atoms with Crippen LogP contribution in [0.4, 0.5) is 8.78 Å². The minimum atomic E-state index is -4.11. The van der Waals surface area contributed by atoms with Crippen molar-refractivity contribution in [2.24, 2.45) is 11.7 Å². The van der Waals surface area contributed by atoms with Gasteiger partial charge in [0.15, 0.2) is 0 Å². The highest BCUT2D eigenvalue weighted by molar-refractivity contribution is 9.10. The van der Waals surface area contributed by atoms with E-state index in [9.17, 15) is 17.2 Å². The summed E-state index contributed by atoms with van der Waals surface area (Å²) >= 11 is 2.90. The van der Waals surface area contributed by atoms with Crippen LogP contribution in [-0.2, 0) is 10.0 Å². The van der Waals surface area contributed by atoms with E-state index in [1.807, 2.05) is 0 Å². The Balaban J connectivity index is 2.29. The zero-order valence-electron chi connectivity index (χ0n) is 11.3. The molecule has 0 radical (unpaired) electrons. The summed E-state index contributed by atoms with van der Waals surface area (Å²) in [5, 5.41) is 0. The van der Waals surface area contributed by atoms with Crippen molar-refractivity contribution in [3.8, 4) is 0 Å². The molecule has 118 valence electrons. The highest BCUT2D eigenvalue weighted by Gasteiger charge is 2.31. The summed E-state index contributed by atoms with van der Waals surface area (Å²) in [6.07, 6.45) is 3.88. The first-order valence-corrected chi connectivity index (χ1v) is 8.99. The largest absolute Gasteiger partial charge is 0.329 e. The van der Waals surface area contributed by atoms with Crippen molar-refractivity contribution in [1.29, 1.82) is 0 Å². The fraction of sp³-hybridized carbons (Fsp3) is 0.538. The molecule has 1 aromatic rings. The molecule has 1 unspecified atom stereocenters. The lowest BCUT2D eigenvalue weighted by molar-refractivity contribution is 0.404. The average molecular weight is 383 g/mol. The number of halogens is 3. The Kier molecular flexibility index (Phi) is 5.34. The predicted molar refractivity (Wildman–Crippen MR) is 79.2 cm³/mol. The number of benzene rings is 1. The van der Waals surface area contributed by atoms with Crippen molar-refractivity contribution >= 4 is 26.0 Å². The summed E-state index contributed by atoms with van der Waals surface area (Å²) in [5.74, 6) is -1.81. The van der Waals surface area contributed by atoms with Gasteiger partial charge >= 0.3 is 0 Å². The Bertz CT molecular complexity index is 596. The summed E-state index contributed by atoms with van der Waals surface area (Å²) in [6, 6.07) is 1.03. The van der Waals surface area contributed by atoms with Gasteiger partial charge in [0.05, 0.1) is 0 Å². The quantitative estimate of drug-likeness (QED) is 0.821. The lowest BCUT2D eigenvalue weighted by Gasteiger charge is -2.23. The van der Waals surface area contributed by atoms with E-state index in [4.69, 9.17) is 5.73 Å². The molecule has 0 heterocycles. The van der Waals surface area contributed by atoms with E-state index in [2.05, 4.69) is 20.7 Å². The maximum Gasteiger partial charge on any atom is 0.244 e. The van der Waals surface area contributed by atoms with Gasteiger partial charge in [0.25, 0.3) is 0 Å². The van der Waals surface area contributed by atoms with Crippen molar-refractivity contribution in [3.63, 3.8) is 0 Å². The number of nitrogens with one attached hydrogen (secondary N) is 1. The van der Waals surface area contributed by atoms with Crippen LogP contribution in [0.3, 0.4) is 0 Å². The zero-order valence-corrected chi connectivity index (χ0v) is 13.7. The number of hydrogen-bond donors (Lipinski definition) is 2. The molecule has 21 heavy (non-hydrogen) atoms. The van der Waals surface area contributed by atoms with Gasteiger partial charge < -0.3 is 5.73 Å². The lowest BCUT2D eigenvalue weighted by Crippen LogP contribution is -2.44. The summed E-state index contributed by atoms with van der Waals surface area (Å²) in [7, 11) is -4.11. The van der Waals surface area contributed by atoms with Crippen LogP contribution < -0.4 is 10.5 Å². The molecule has 0 saturated heterocycles. The summed E-state index contributed by atoms with van der Waals surface area (Å²) in [4.78, 5) is -0.583. The molecule has 8 heteroatoms. The van der Waals surface area contributed by atoms with Gasteiger partial charge in [0, 0.05) is 23.1 Å². The van der Waals surface area contributed by atoms with Gasteiger partial charge in [0.2, 0.25) is 10.0 Å². The third-order valence-electron chi connectivity index (χ3n) is 3.76. The monoisotopic (exact) mass is 382 g/mol. The molecule has 1 aliphatic rings. The van der Waals surface area contributed by atoms with Crippen LogP contribution >= 0.6 is 15.9 Å². The fourth-order valence-electron chi connectivity index (χ4n) is 2.74. The molecule has 3 N–H and O–H groups in total. The van der Waals surface area contributed by atoms with Gasteiger partial charge in [-0.2, -0.15) is 0 Å². The summed E-state index contributed by atoms with van der Waals surface area (Å²) < 4.78 is 53.9. The third kappa shape index (κ3) is 3.80. The van der Waals surface area contributed by atoms with Crippen LogP contribution in [0.2, 0.25) is 0 Å². The molecule has 0 spiro atoms. The second-order valence-electron chi connectivity index (χ2n) is 5.21. The van der Waals surface area contributed by atoms with E-state index in [-0.39, 0.29) is 16.9 Å². The lowest BCUT2D eigenvalue weighted by atomic mass is 9.99. The van der Waals surface area contributed by atoms with Gasteiger partial charge in [-0.3, -0.25) is 0 Å². The summed E-state index contributed by atoms with van der Waals surface area (Å²) in [6.45, 7) is 0.143. The highest BCUT2D eigenvalue weighted by Crippen LogP contribution is 2.30. The molecule has 1 fully saturated rings. The van der Waals surface area contributed by atoms with E-state index in [0.717, 1.165) is 31.7 Å². The van der Waals surface area contributed by atoms with Crippen LogP contribution in [0.5, 0.6) is 0 Å². The van der Waals surface area contributed by atoms with Crippen LogP contribution in [0, 0.1) is 17.6 Å². The van der Waals surface area contributed by atoms with Crippen molar-refractivity contribution < 1.29 is 17.2 Å². The third-order valence-corrected chi connectivity index (χ3v) is 6.21. The van der Waals surface area contributed by atoms with E-state index in [1.54, 1.807) is 0 Å². The van der Waals surface area contributed by atoms with Crippen LogP contribution in [-0.4, -0.2) is 21.0 Å². The van der Waals surface area contributed by atoms with Gasteiger partial charge in [-0.25, -0.2) is 21.9 Å². The number of hydrogen-bond acceptors (Lipinski definition) is 3. The first kappa shape index (κ1) is 16.8. The Hall–Kier alpha value is -0.570. The molecular weight excluding hydrogens is 366 g/mol. The van der Waals surface area contributed by atoms with Crippen molar-refractivity contribution in [2.45, 2.75) is 36.6 Å². The van der Waals surface area contributed by atoms with Crippen molar-refractivity contribution in [1.82, 2.24) is 4.72 Å². The Morgan fingerprint density at radius 2 is 1.95 bits per heavy atom. The zero-order chi connectivity index (χ0) is 15.6. The fourth-order valence-corrected chi connectivity index (χ4v) is 5.22. The van der Waals surface area contributed by atoms with Gasteiger partial charge in [-0.05, 0) is 40.8 Å². The molecule has 0 aliphatic heterocycles. The molecule has 1 aromatic carbocycles. The first-order valence-electron chi connectivity index (χ1n) is 6.72. The molecular formula is C13H17BrF2N2O2S. The smallest absolute Gasteiger partial charge is 0.244 e. The molecule has 0 bridgehead atoms. The average Bonchev–Trinajstić information content (AvgIpc) is 2.87. The summed E-state index contributed by atoms with van der Waals surface area (Å²) in [5.41, 5.74) is 5.65. The van der Waals surface area contributed by atoms with E-state index < -0.39 is 32.6 Å². The minimum Gasteiger partial charge on any atom is -0.329 e. The maximum absolute atomic E-state index is 13.8. The van der Waals surface area contributed by atoms with E-state index in [1.165, 1.54) is 0 Å². The van der Waals surface area contributed by atoms with Crippen LogP contribution in [0.15, 0.2) is 21.5 Å². The number of nitrogens with two attached hydrogens (primary N) is 1. The second kappa shape index (κ2) is 6.68. The molecule has 2 rings (SSSR count). The SMILES string of the molecule is NCC(NS(=O)(=O)c1c(F)cc(F)cc1Br)C1CCCC1. The van der Waals surface area contributed by atoms with Crippen molar-refractivity contribution in [3.05, 3.63) is 28.2 Å². The highest BCUT2D eigenvalue weighted by atomic mass is 79.9. The predicted octanol–water partition coefficient (Wildman–Crippen LogP) is 2.52. The standard InChI is InChI=1S/C13H17BrF2N2O2S/c14-10-5-9(15)6-11(16)13(10)21(19,20)18-12(7-17)8-3-1-2-4-8/h5-6,8,12,18H,1-4,7,17H2. The van der Waals surface area contributed by atoms with Crippen LogP contribution in [0.25, 0.3) is 0 Å². The van der Waals surface area contributed by atoms with Gasteiger partial charge in [-0.1, -0.05) is 12.8 Å². The molecule has 1 atom stereocenters. The van der Waals surface area contributed by atoms with E-state index >= 15 is 0 Å². The first-order chi connectivity index (χ1) is 9.85. The topological polar surface area (TPSA) is 72.2 Å². The number of rotatable bonds is 5. The molecule has 4 nitrogen and oxygen atoms in total. The molecule has 1 aliphatic carbocycles. The number of sulfonamides is 1. The normalized spacial score (nSPS) is 18.1. The molecule has 0 aromatic heterocycles. The Labute approximate surface area is 131 Å².